The zero-order valence-corrected chi connectivity index (χ0v) is 19.8. The van der Waals surface area contributed by atoms with E-state index in [4.69, 9.17) is 15.2 Å². The van der Waals surface area contributed by atoms with Gasteiger partial charge in [-0.05, 0) is 50.1 Å². The molecule has 0 saturated carbocycles. The van der Waals surface area contributed by atoms with Crippen molar-refractivity contribution in [1.29, 1.82) is 0 Å². The number of hydrogen-bond acceptors (Lipinski definition) is 4. The summed E-state index contributed by atoms with van der Waals surface area (Å²) < 4.78 is 11.0. The minimum absolute atomic E-state index is 0. The lowest BCUT2D eigenvalue weighted by Crippen LogP contribution is -2.39. The number of hydrogen-bond donors (Lipinski definition) is 3. The number of rotatable bonds is 11. The summed E-state index contributed by atoms with van der Waals surface area (Å²) in [5.74, 6) is 1.76. The number of halogens is 1. The van der Waals surface area contributed by atoms with Crippen molar-refractivity contribution in [1.82, 2.24) is 10.6 Å². The van der Waals surface area contributed by atoms with E-state index in [0.29, 0.717) is 25.4 Å². The Morgan fingerprint density at radius 2 is 1.63 bits per heavy atom. The van der Waals surface area contributed by atoms with Crippen molar-refractivity contribution in [2.45, 2.75) is 20.3 Å². The molecule has 0 radical (unpaired) electrons. The van der Waals surface area contributed by atoms with Crippen molar-refractivity contribution in [3.8, 4) is 11.5 Å². The molecule has 30 heavy (non-hydrogen) atoms. The fraction of sp³-hybridized carbons (Fsp3) is 0.364. The van der Waals surface area contributed by atoms with Crippen molar-refractivity contribution < 1.29 is 14.3 Å². The molecule has 2 aromatic rings. The molecule has 0 aliphatic rings. The Hall–Kier alpha value is -2.49. The van der Waals surface area contributed by atoms with Crippen LogP contribution >= 0.6 is 24.0 Å². The van der Waals surface area contributed by atoms with Crippen molar-refractivity contribution in [3.63, 3.8) is 0 Å². The van der Waals surface area contributed by atoms with Gasteiger partial charge in [0.15, 0.2) is 12.6 Å². The molecule has 4 N–H and O–H groups in total. The number of aryl methyl sites for hydroxylation is 1. The van der Waals surface area contributed by atoms with Crippen LogP contribution in [-0.2, 0) is 11.2 Å². The molecule has 0 bridgehead atoms. The second-order valence-electron chi connectivity index (χ2n) is 6.50. The van der Waals surface area contributed by atoms with Crippen LogP contribution < -0.4 is 25.8 Å². The predicted octanol–water partition coefficient (Wildman–Crippen LogP) is 2.65. The highest BCUT2D eigenvalue weighted by molar-refractivity contribution is 14.0. The zero-order chi connectivity index (χ0) is 20.9. The lowest BCUT2D eigenvalue weighted by molar-refractivity contribution is -0.119. The van der Waals surface area contributed by atoms with E-state index in [1.165, 1.54) is 5.56 Å². The number of carbonyl (C=O) groups is 1. The van der Waals surface area contributed by atoms with E-state index in [1.54, 1.807) is 0 Å². The summed E-state index contributed by atoms with van der Waals surface area (Å²) in [7, 11) is 0. The number of aliphatic imine (C=N–C) groups is 1. The van der Waals surface area contributed by atoms with Crippen molar-refractivity contribution in [3.05, 3.63) is 59.7 Å². The smallest absolute Gasteiger partial charge is 0.255 e. The van der Waals surface area contributed by atoms with Gasteiger partial charge in [-0.2, -0.15) is 0 Å². The first kappa shape index (κ1) is 25.5. The Morgan fingerprint density at radius 3 is 2.27 bits per heavy atom. The van der Waals surface area contributed by atoms with Gasteiger partial charge < -0.3 is 25.8 Å². The van der Waals surface area contributed by atoms with Crippen molar-refractivity contribution in [2.75, 3.05) is 32.8 Å². The van der Waals surface area contributed by atoms with E-state index < -0.39 is 5.91 Å². The fourth-order valence-corrected chi connectivity index (χ4v) is 2.52. The Bertz CT molecular complexity index is 780. The lowest BCUT2D eigenvalue weighted by atomic mass is 10.1. The molecule has 0 aliphatic carbocycles. The summed E-state index contributed by atoms with van der Waals surface area (Å²) in [4.78, 5) is 15.3. The molecule has 8 heteroatoms. The Morgan fingerprint density at radius 1 is 1.00 bits per heavy atom. The first-order valence-corrected chi connectivity index (χ1v) is 9.78. The van der Waals surface area contributed by atoms with E-state index in [1.807, 2.05) is 55.5 Å². The maximum absolute atomic E-state index is 10.7. The Balaban J connectivity index is 0.00000450. The van der Waals surface area contributed by atoms with E-state index in [0.717, 1.165) is 30.2 Å². The highest BCUT2D eigenvalue weighted by Crippen LogP contribution is 2.12. The lowest BCUT2D eigenvalue weighted by Gasteiger charge is -2.12. The van der Waals surface area contributed by atoms with E-state index in [9.17, 15) is 4.79 Å². The SMILES string of the molecule is CCNC(=NCCc1ccc(OCC(N)=O)cc1)NCCOc1ccc(C)cc1.I. The number of nitrogens with two attached hydrogens (primary N) is 1. The van der Waals surface area contributed by atoms with Gasteiger partial charge in [0.2, 0.25) is 0 Å². The molecule has 0 aliphatic heterocycles. The average molecular weight is 526 g/mol. The minimum Gasteiger partial charge on any atom is -0.492 e. The van der Waals surface area contributed by atoms with Crippen LogP contribution in [0.3, 0.4) is 0 Å². The molecule has 0 aromatic heterocycles. The number of nitrogens with one attached hydrogen (secondary N) is 2. The number of nitrogens with zero attached hydrogens (tertiary/aromatic N) is 1. The van der Waals surface area contributed by atoms with E-state index >= 15 is 0 Å². The second kappa shape index (κ2) is 14.5. The van der Waals surface area contributed by atoms with Gasteiger partial charge in [0, 0.05) is 13.1 Å². The van der Waals surface area contributed by atoms with Gasteiger partial charge in [0.25, 0.3) is 5.91 Å². The first-order valence-electron chi connectivity index (χ1n) is 9.78. The van der Waals surface area contributed by atoms with Gasteiger partial charge in [-0.15, -0.1) is 24.0 Å². The quantitative estimate of drug-likeness (QED) is 0.181. The molecular formula is C22H31IN4O3. The van der Waals surface area contributed by atoms with Crippen molar-refractivity contribution in [2.24, 2.45) is 10.7 Å². The molecule has 7 nitrogen and oxygen atoms in total. The summed E-state index contributed by atoms with van der Waals surface area (Å²) >= 11 is 0. The third-order valence-electron chi connectivity index (χ3n) is 4.00. The molecule has 0 atom stereocenters. The monoisotopic (exact) mass is 526 g/mol. The molecule has 0 heterocycles. The van der Waals surface area contributed by atoms with Crippen molar-refractivity contribution >= 4 is 35.8 Å². The largest absolute Gasteiger partial charge is 0.492 e. The van der Waals surface area contributed by atoms with Crippen LogP contribution in [0.4, 0.5) is 0 Å². The number of guanidine groups is 1. The standard InChI is InChI=1S/C22H30N4O3.HI/c1-3-24-22(26-14-15-28-19-8-4-17(2)5-9-19)25-13-12-18-6-10-20(11-7-18)29-16-21(23)27;/h4-11H,3,12-16H2,1-2H3,(H2,23,27)(H2,24,25,26);1H. The van der Waals surface area contributed by atoms with Crippen LogP contribution in [0.1, 0.15) is 18.1 Å². The minimum atomic E-state index is -0.490. The normalized spacial score (nSPS) is 10.7. The van der Waals surface area contributed by atoms with Crippen LogP contribution in [0, 0.1) is 6.92 Å². The van der Waals surface area contributed by atoms with Gasteiger partial charge in [-0.1, -0.05) is 29.8 Å². The highest BCUT2D eigenvalue weighted by atomic mass is 127. The number of amides is 1. The highest BCUT2D eigenvalue weighted by Gasteiger charge is 2.00. The molecule has 1 amide bonds. The van der Waals surface area contributed by atoms with Gasteiger partial charge >= 0.3 is 0 Å². The first-order chi connectivity index (χ1) is 14.1. The third kappa shape index (κ3) is 10.3. The number of carbonyl (C=O) groups excluding carboxylic acids is 1. The van der Waals surface area contributed by atoms with Crippen LogP contribution in [0.5, 0.6) is 11.5 Å². The average Bonchev–Trinajstić information content (AvgIpc) is 2.72. The topological polar surface area (TPSA) is 98.0 Å². The van der Waals surface area contributed by atoms with Crippen LogP contribution in [0.25, 0.3) is 0 Å². The summed E-state index contributed by atoms with van der Waals surface area (Å²) in [6.07, 6.45) is 0.798. The number of ether oxygens (including phenoxy) is 2. The summed E-state index contributed by atoms with van der Waals surface area (Å²) in [5.41, 5.74) is 7.42. The molecule has 0 unspecified atom stereocenters. The summed E-state index contributed by atoms with van der Waals surface area (Å²) in [6, 6.07) is 15.6. The van der Waals surface area contributed by atoms with E-state index in [-0.39, 0.29) is 30.6 Å². The summed E-state index contributed by atoms with van der Waals surface area (Å²) in [5, 5.41) is 6.51. The molecule has 2 rings (SSSR count). The molecule has 164 valence electrons. The molecule has 0 saturated heterocycles. The third-order valence-corrected chi connectivity index (χ3v) is 4.00. The Kier molecular flexibility index (Phi) is 12.3. The maximum atomic E-state index is 10.7. The van der Waals surface area contributed by atoms with Crippen LogP contribution in [0.15, 0.2) is 53.5 Å². The molecule has 0 fully saturated rings. The van der Waals surface area contributed by atoms with E-state index in [2.05, 4.69) is 22.5 Å². The van der Waals surface area contributed by atoms with Crippen LogP contribution in [-0.4, -0.2) is 44.7 Å². The van der Waals surface area contributed by atoms with Gasteiger partial charge in [0.05, 0.1) is 6.54 Å². The summed E-state index contributed by atoms with van der Waals surface area (Å²) in [6.45, 7) is 6.62. The second-order valence-corrected chi connectivity index (χ2v) is 6.50. The molecule has 0 spiro atoms. The van der Waals surface area contributed by atoms with Gasteiger partial charge in [-0.3, -0.25) is 9.79 Å². The molecule has 2 aromatic carbocycles. The zero-order valence-electron chi connectivity index (χ0n) is 17.5. The molecular weight excluding hydrogens is 495 g/mol. The van der Waals surface area contributed by atoms with Gasteiger partial charge in [0.1, 0.15) is 18.1 Å². The number of benzene rings is 2. The maximum Gasteiger partial charge on any atom is 0.255 e. The Labute approximate surface area is 195 Å². The van der Waals surface area contributed by atoms with Crippen LogP contribution in [0.2, 0.25) is 0 Å². The predicted molar refractivity (Wildman–Crippen MR) is 131 cm³/mol. The number of primary amides is 1. The fourth-order valence-electron chi connectivity index (χ4n) is 2.52. The van der Waals surface area contributed by atoms with Gasteiger partial charge in [-0.25, -0.2) is 0 Å².